The van der Waals surface area contributed by atoms with E-state index in [9.17, 15) is 17.0 Å². The van der Waals surface area contributed by atoms with E-state index in [1.165, 1.54) is 43.7 Å². The molecule has 0 spiro atoms. The maximum Gasteiger partial charge on any atom is 0.261 e. The highest BCUT2D eigenvalue weighted by atomic mass is 35.5. The number of rotatable bonds is 5. The smallest absolute Gasteiger partial charge is 0.261 e. The summed E-state index contributed by atoms with van der Waals surface area (Å²) in [6.07, 6.45) is 1.33. The molecule has 0 amide bonds. The van der Waals surface area contributed by atoms with Crippen molar-refractivity contribution in [3.8, 4) is 5.75 Å². The molecule has 0 fully saturated rings. The Morgan fingerprint density at radius 1 is 1.22 bits per heavy atom. The van der Waals surface area contributed by atoms with Crippen LogP contribution in [0.4, 0.5) is 10.1 Å². The van der Waals surface area contributed by atoms with Gasteiger partial charge in [-0.25, -0.2) is 12.8 Å². The van der Waals surface area contributed by atoms with Crippen LogP contribution in [0.25, 0.3) is 0 Å². The molecule has 2 rings (SSSR count). The topological polar surface area (TPSA) is 72.5 Å². The molecular weight excluding hydrogens is 365 g/mol. The molecule has 0 aliphatic carbocycles. The Labute approximate surface area is 140 Å². The van der Waals surface area contributed by atoms with Crippen LogP contribution in [0.2, 0.25) is 5.02 Å². The number of halogens is 2. The summed E-state index contributed by atoms with van der Waals surface area (Å²) in [6, 6.07) is 7.54. The third kappa shape index (κ3) is 4.01. The lowest BCUT2D eigenvalue weighted by molar-refractivity contribution is 0.414. The largest absolute Gasteiger partial charge is 0.495 e. The highest BCUT2D eigenvalue weighted by Crippen LogP contribution is 2.28. The third-order valence-corrected chi connectivity index (χ3v) is 5.55. The van der Waals surface area contributed by atoms with Crippen molar-refractivity contribution in [3.63, 3.8) is 0 Å². The molecule has 9 heteroatoms. The summed E-state index contributed by atoms with van der Waals surface area (Å²) in [7, 11) is -4.03. The fourth-order valence-corrected chi connectivity index (χ4v) is 3.82. The van der Waals surface area contributed by atoms with Gasteiger partial charge < -0.3 is 4.74 Å². The monoisotopic (exact) mass is 377 g/mol. The van der Waals surface area contributed by atoms with E-state index in [1.54, 1.807) is 0 Å². The van der Waals surface area contributed by atoms with Crippen LogP contribution in [0, 0.1) is 5.82 Å². The van der Waals surface area contributed by atoms with Crippen molar-refractivity contribution in [1.82, 2.24) is 0 Å². The number of nitrogens with one attached hydrogen (secondary N) is 1. The van der Waals surface area contributed by atoms with E-state index in [-0.39, 0.29) is 20.5 Å². The van der Waals surface area contributed by atoms with Crippen LogP contribution < -0.4 is 9.46 Å². The molecule has 0 saturated heterocycles. The van der Waals surface area contributed by atoms with Crippen molar-refractivity contribution < 1.29 is 21.8 Å². The van der Waals surface area contributed by atoms with Gasteiger partial charge in [-0.2, -0.15) is 0 Å². The van der Waals surface area contributed by atoms with Crippen molar-refractivity contribution in [2.45, 2.75) is 9.79 Å². The van der Waals surface area contributed by atoms with Gasteiger partial charge in [0, 0.05) is 6.26 Å². The van der Waals surface area contributed by atoms with Gasteiger partial charge >= 0.3 is 0 Å². The summed E-state index contributed by atoms with van der Waals surface area (Å²) in [5, 5.41) is 0.137. The molecule has 0 radical (unpaired) electrons. The van der Waals surface area contributed by atoms with E-state index in [1.807, 2.05) is 0 Å². The maximum atomic E-state index is 13.8. The number of anilines is 1. The number of ether oxygens (including phenoxy) is 1. The maximum absolute atomic E-state index is 13.8. The Kier molecular flexibility index (Phi) is 5.28. The van der Waals surface area contributed by atoms with Crippen LogP contribution in [0.3, 0.4) is 0 Å². The highest BCUT2D eigenvalue weighted by molar-refractivity contribution is 7.92. The zero-order valence-electron chi connectivity index (χ0n) is 12.2. The van der Waals surface area contributed by atoms with Crippen LogP contribution >= 0.6 is 11.6 Å². The Balaban J connectivity index is 2.33. The Morgan fingerprint density at radius 2 is 1.91 bits per heavy atom. The van der Waals surface area contributed by atoms with Gasteiger partial charge in [0.25, 0.3) is 10.0 Å². The summed E-state index contributed by atoms with van der Waals surface area (Å²) in [6.45, 7) is 0. The average Bonchev–Trinajstić information content (AvgIpc) is 2.46. The van der Waals surface area contributed by atoms with Crippen LogP contribution in [0.5, 0.6) is 5.75 Å². The van der Waals surface area contributed by atoms with Crippen molar-refractivity contribution in [2.75, 3.05) is 18.1 Å². The normalized spacial score (nSPS) is 12.7. The number of hydrogen-bond donors (Lipinski definition) is 1. The molecule has 5 nitrogen and oxygen atoms in total. The summed E-state index contributed by atoms with van der Waals surface area (Å²) in [5.41, 5.74) is 0.0173. The molecule has 124 valence electrons. The van der Waals surface area contributed by atoms with Gasteiger partial charge in [0.15, 0.2) is 0 Å². The van der Waals surface area contributed by atoms with Crippen LogP contribution in [0.15, 0.2) is 46.2 Å². The number of benzene rings is 2. The predicted octanol–water partition coefficient (Wildman–Crippen LogP) is 3.03. The first-order chi connectivity index (χ1) is 10.7. The predicted molar refractivity (Wildman–Crippen MR) is 87.5 cm³/mol. The van der Waals surface area contributed by atoms with E-state index in [0.717, 1.165) is 6.07 Å². The molecule has 0 aliphatic heterocycles. The van der Waals surface area contributed by atoms with Crippen molar-refractivity contribution >= 4 is 38.1 Å². The summed E-state index contributed by atoms with van der Waals surface area (Å²) in [4.78, 5) is -0.0905. The van der Waals surface area contributed by atoms with Crippen molar-refractivity contribution in [3.05, 3.63) is 47.2 Å². The fraction of sp³-hybridized carbons (Fsp3) is 0.143. The van der Waals surface area contributed by atoms with E-state index in [0.29, 0.717) is 5.75 Å². The van der Waals surface area contributed by atoms with Crippen molar-refractivity contribution in [2.24, 2.45) is 0 Å². The minimum absolute atomic E-state index is 0.000407. The van der Waals surface area contributed by atoms with Crippen LogP contribution in [0.1, 0.15) is 0 Å². The first kappa shape index (κ1) is 17.7. The zero-order valence-corrected chi connectivity index (χ0v) is 14.6. The molecule has 1 N–H and O–H groups in total. The molecule has 1 atom stereocenters. The summed E-state index contributed by atoms with van der Waals surface area (Å²) < 4.78 is 56.8. The second kappa shape index (κ2) is 6.86. The third-order valence-electron chi connectivity index (χ3n) is 2.93. The number of methoxy groups -OCH3 is 1. The van der Waals surface area contributed by atoms with Gasteiger partial charge in [-0.1, -0.05) is 11.6 Å². The minimum Gasteiger partial charge on any atom is -0.495 e. The van der Waals surface area contributed by atoms with Gasteiger partial charge in [0.05, 0.1) is 38.4 Å². The fourth-order valence-electron chi connectivity index (χ4n) is 1.83. The summed E-state index contributed by atoms with van der Waals surface area (Å²) in [5.74, 6) is -0.412. The quantitative estimate of drug-likeness (QED) is 0.869. The highest BCUT2D eigenvalue weighted by Gasteiger charge is 2.17. The van der Waals surface area contributed by atoms with Crippen LogP contribution in [-0.4, -0.2) is 26.0 Å². The first-order valence-corrected chi connectivity index (χ1v) is 9.66. The van der Waals surface area contributed by atoms with Gasteiger partial charge in [-0.15, -0.1) is 0 Å². The van der Waals surface area contributed by atoms with E-state index < -0.39 is 26.6 Å². The van der Waals surface area contributed by atoms with E-state index >= 15 is 0 Å². The van der Waals surface area contributed by atoms with Gasteiger partial charge in [0.2, 0.25) is 0 Å². The van der Waals surface area contributed by atoms with E-state index in [4.69, 9.17) is 16.3 Å². The van der Waals surface area contributed by atoms with Gasteiger partial charge in [0.1, 0.15) is 11.6 Å². The molecule has 0 heterocycles. The molecule has 2 aromatic rings. The van der Waals surface area contributed by atoms with Crippen LogP contribution in [-0.2, 0) is 20.8 Å². The van der Waals surface area contributed by atoms with Crippen molar-refractivity contribution in [1.29, 1.82) is 0 Å². The molecule has 2 aromatic carbocycles. The molecule has 0 saturated carbocycles. The molecule has 23 heavy (non-hydrogen) atoms. The lowest BCUT2D eigenvalue weighted by atomic mass is 10.3. The first-order valence-electron chi connectivity index (χ1n) is 6.24. The zero-order chi connectivity index (χ0) is 17.2. The lowest BCUT2D eigenvalue weighted by Gasteiger charge is -2.10. The van der Waals surface area contributed by atoms with Gasteiger partial charge in [-0.05, 0) is 36.4 Å². The number of sulfonamides is 1. The average molecular weight is 378 g/mol. The standard InChI is InChI=1S/C14H13ClFNO4S2/c1-21-13-5-4-10(8-11(13)15)23(19,20)17-9-3-6-14(22(2)18)12(16)7-9/h3-8,17H,1-2H3. The lowest BCUT2D eigenvalue weighted by Crippen LogP contribution is -2.13. The molecule has 0 aliphatic rings. The van der Waals surface area contributed by atoms with E-state index in [2.05, 4.69) is 4.72 Å². The summed E-state index contributed by atoms with van der Waals surface area (Å²) >= 11 is 5.91. The second-order valence-electron chi connectivity index (χ2n) is 4.50. The molecule has 0 bridgehead atoms. The molecular formula is C14H13ClFNO4S2. The Hall–Kier alpha value is -1.64. The Bertz CT molecular complexity index is 871. The van der Waals surface area contributed by atoms with Gasteiger partial charge in [-0.3, -0.25) is 8.93 Å². The minimum atomic E-state index is -3.94. The Morgan fingerprint density at radius 3 is 2.43 bits per heavy atom. The molecule has 1 unspecified atom stereocenters. The number of hydrogen-bond acceptors (Lipinski definition) is 4. The second-order valence-corrected chi connectivity index (χ2v) is 7.94. The molecule has 0 aromatic heterocycles. The SMILES string of the molecule is COc1ccc(S(=O)(=O)Nc2ccc(S(C)=O)c(F)c2)cc1Cl.